The molecule has 2 amide bonds. The number of carboxylic acids is 1. The van der Waals surface area contributed by atoms with Crippen LogP contribution in [0.5, 0.6) is 0 Å². The number of hydrogen-bond acceptors (Lipinski definition) is 14. The van der Waals surface area contributed by atoms with Crippen molar-refractivity contribution < 1.29 is 38.9 Å². The van der Waals surface area contributed by atoms with Crippen LogP contribution in [-0.4, -0.2) is 89.5 Å². The number of halogens is 2. The van der Waals surface area contributed by atoms with Gasteiger partial charge in [-0.1, -0.05) is 120 Å². The number of esters is 1. The summed E-state index contributed by atoms with van der Waals surface area (Å²) in [5, 5.41) is 30.4. The van der Waals surface area contributed by atoms with Crippen LogP contribution >= 0.6 is 54.5 Å². The molecule has 0 saturated carbocycles. The molecule has 0 aliphatic carbocycles. The summed E-state index contributed by atoms with van der Waals surface area (Å²) in [5.41, 5.74) is 2.40. The number of nitrogens with zero attached hydrogens (tertiary/aromatic N) is 4. The third kappa shape index (κ3) is 19.0. The topological polar surface area (TPSA) is 215 Å². The van der Waals surface area contributed by atoms with Crippen LogP contribution in [0.4, 0.5) is 0 Å². The SMILES string of the molecule is CC(C)(C)OC(=O)C(NC(O)[C@H](Cc1ccc(-c2ncc(Br)cn2)cc1)NC(=O)c1ccc(C(C)(C)C)s1)C(OC(C)(C)C)c1ccccc1.CC(C)(C)c1ccc(C(=O)N[C@@H](Cc2ccc(-c3ncc(Br)cn3)cc2)C(=O)O)s1. The van der Waals surface area contributed by atoms with Crippen molar-refractivity contribution in [2.45, 2.75) is 148 Å². The molecule has 0 saturated heterocycles. The molecular weight excluding hydrogens is 1180 g/mol. The van der Waals surface area contributed by atoms with Crippen molar-refractivity contribution in [3.05, 3.63) is 173 Å². The Balaban J connectivity index is 0.000000292. The molecule has 3 unspecified atom stereocenters. The number of ether oxygens (including phenoxy) is 2. The largest absolute Gasteiger partial charge is 0.480 e. The predicted octanol–water partition coefficient (Wildman–Crippen LogP) is 12.5. The summed E-state index contributed by atoms with van der Waals surface area (Å²) in [7, 11) is 0. The summed E-state index contributed by atoms with van der Waals surface area (Å²) in [6.45, 7) is 23.6. The van der Waals surface area contributed by atoms with E-state index in [1.165, 1.54) is 22.7 Å². The van der Waals surface area contributed by atoms with Gasteiger partial charge in [-0.25, -0.2) is 24.7 Å². The third-order valence-electron chi connectivity index (χ3n) is 11.9. The average molecular weight is 1250 g/mol. The Labute approximate surface area is 494 Å². The molecule has 5 N–H and O–H groups in total. The van der Waals surface area contributed by atoms with Crippen LogP contribution in [0.3, 0.4) is 0 Å². The molecular formula is C61H71Br2N7O8S2. The van der Waals surface area contributed by atoms with E-state index in [0.717, 1.165) is 46.5 Å². The van der Waals surface area contributed by atoms with Gasteiger partial charge in [0.1, 0.15) is 30.0 Å². The Kier molecular flexibility index (Phi) is 21.4. The van der Waals surface area contributed by atoms with Crippen LogP contribution < -0.4 is 16.0 Å². The lowest BCUT2D eigenvalue weighted by Gasteiger charge is -2.36. The summed E-state index contributed by atoms with van der Waals surface area (Å²) in [6, 6.07) is 28.8. The number of carbonyl (C=O) groups is 4. The minimum atomic E-state index is -1.39. The number of aliphatic carboxylic acids is 1. The number of amides is 2. The molecule has 7 aromatic rings. The van der Waals surface area contributed by atoms with Gasteiger partial charge in [0.25, 0.3) is 11.8 Å². The average Bonchev–Trinajstić information content (AvgIpc) is 4.15. The molecule has 0 bridgehead atoms. The summed E-state index contributed by atoms with van der Waals surface area (Å²) in [5.74, 6) is -1.20. The van der Waals surface area contributed by atoms with Crippen molar-refractivity contribution in [3.63, 3.8) is 0 Å². The van der Waals surface area contributed by atoms with Gasteiger partial charge in [-0.15, -0.1) is 22.7 Å². The zero-order chi connectivity index (χ0) is 58.7. The lowest BCUT2D eigenvalue weighted by atomic mass is 9.95. The first-order valence-electron chi connectivity index (χ1n) is 26.0. The number of aromatic nitrogens is 4. The van der Waals surface area contributed by atoms with E-state index in [2.05, 4.69) is 109 Å². The van der Waals surface area contributed by atoms with Crippen molar-refractivity contribution in [1.29, 1.82) is 0 Å². The van der Waals surface area contributed by atoms with Crippen molar-refractivity contribution in [2.75, 3.05) is 0 Å². The number of benzene rings is 3. The highest BCUT2D eigenvalue weighted by Crippen LogP contribution is 2.33. The van der Waals surface area contributed by atoms with Crippen molar-refractivity contribution in [3.8, 4) is 22.8 Å². The van der Waals surface area contributed by atoms with Crippen molar-refractivity contribution in [2.24, 2.45) is 0 Å². The fourth-order valence-electron chi connectivity index (χ4n) is 7.93. The first-order valence-corrected chi connectivity index (χ1v) is 29.2. The molecule has 0 spiro atoms. The normalized spacial score (nSPS) is 13.9. The number of carboxylic acid groups (broad SMARTS) is 1. The van der Waals surface area contributed by atoms with Crippen LogP contribution in [0.1, 0.15) is 135 Å². The monoisotopic (exact) mass is 1250 g/mol. The van der Waals surface area contributed by atoms with Gasteiger partial charge in [0.05, 0.1) is 30.3 Å². The first kappa shape index (κ1) is 63.1. The summed E-state index contributed by atoms with van der Waals surface area (Å²) < 4.78 is 13.9. The van der Waals surface area contributed by atoms with E-state index in [0.29, 0.717) is 21.4 Å². The Bertz CT molecular complexity index is 3170. The van der Waals surface area contributed by atoms with E-state index >= 15 is 0 Å². The zero-order valence-electron chi connectivity index (χ0n) is 47.1. The molecule has 0 radical (unpaired) electrons. The van der Waals surface area contributed by atoms with Gasteiger partial charge in [0, 0.05) is 52.1 Å². The second-order valence-corrected chi connectivity index (χ2v) is 27.2. The maximum Gasteiger partial charge on any atom is 0.326 e. The minimum Gasteiger partial charge on any atom is -0.480 e. The molecule has 19 heteroatoms. The number of nitrogens with one attached hydrogen (secondary N) is 3. The second kappa shape index (κ2) is 27.1. The highest BCUT2D eigenvalue weighted by molar-refractivity contribution is 9.10. The van der Waals surface area contributed by atoms with E-state index in [4.69, 9.17) is 9.47 Å². The van der Waals surface area contributed by atoms with Gasteiger partial charge >= 0.3 is 11.9 Å². The Morgan fingerprint density at radius 3 is 1.41 bits per heavy atom. The maximum atomic E-state index is 13.9. The molecule has 4 heterocycles. The van der Waals surface area contributed by atoms with E-state index in [-0.39, 0.29) is 35.5 Å². The smallest absolute Gasteiger partial charge is 0.326 e. The summed E-state index contributed by atoms with van der Waals surface area (Å²) in [4.78, 5) is 72.4. The lowest BCUT2D eigenvalue weighted by molar-refractivity contribution is -0.168. The van der Waals surface area contributed by atoms with Crippen LogP contribution in [0, 0.1) is 0 Å². The Hall–Kier alpha value is -6.06. The third-order valence-corrected chi connectivity index (χ3v) is 15.8. The van der Waals surface area contributed by atoms with E-state index in [9.17, 15) is 29.4 Å². The van der Waals surface area contributed by atoms with Gasteiger partial charge in [0.15, 0.2) is 11.6 Å². The highest BCUT2D eigenvalue weighted by Gasteiger charge is 2.39. The fraction of sp³-hybridized carbons (Fsp3) is 0.377. The molecule has 7 rings (SSSR count). The van der Waals surface area contributed by atoms with Crippen LogP contribution in [0.25, 0.3) is 22.8 Å². The number of hydrogen-bond donors (Lipinski definition) is 5. The fourth-order valence-corrected chi connectivity index (χ4v) is 10.3. The molecule has 0 aliphatic heterocycles. The van der Waals surface area contributed by atoms with Gasteiger partial charge in [-0.05, 0) is 132 Å². The molecule has 4 aromatic heterocycles. The highest BCUT2D eigenvalue weighted by atomic mass is 79.9. The van der Waals surface area contributed by atoms with Gasteiger partial charge in [-0.3, -0.25) is 19.7 Å². The molecule has 424 valence electrons. The van der Waals surface area contributed by atoms with E-state index in [1.807, 2.05) is 112 Å². The Morgan fingerprint density at radius 2 is 1.01 bits per heavy atom. The van der Waals surface area contributed by atoms with Crippen molar-refractivity contribution >= 4 is 78.3 Å². The lowest BCUT2D eigenvalue weighted by Crippen LogP contribution is -2.58. The maximum absolute atomic E-state index is 13.9. The molecule has 15 nitrogen and oxygen atoms in total. The zero-order valence-corrected chi connectivity index (χ0v) is 51.9. The predicted molar refractivity (Wildman–Crippen MR) is 323 cm³/mol. The van der Waals surface area contributed by atoms with Gasteiger partial charge in [-0.2, -0.15) is 0 Å². The molecule has 0 aliphatic rings. The quantitative estimate of drug-likeness (QED) is 0.0400. The number of carbonyl (C=O) groups excluding carboxylic acids is 3. The van der Waals surface area contributed by atoms with Gasteiger partial charge in [0.2, 0.25) is 0 Å². The molecule has 80 heavy (non-hydrogen) atoms. The van der Waals surface area contributed by atoms with Gasteiger partial charge < -0.3 is 30.3 Å². The molecule has 3 aromatic carbocycles. The molecule has 0 fully saturated rings. The van der Waals surface area contributed by atoms with E-state index in [1.54, 1.807) is 57.7 Å². The minimum absolute atomic E-state index is 0.0598. The standard InChI is InChI=1S/C39H49BrN4O5S.C22H22BrN3O3S/c1-37(2,3)30-20-19-29(50-30)35(46)43-28(21-24-15-17-26(18-16-24)33-41-22-27(40)23-42-33)34(45)44-31(36(47)49-39(7,8)9)32(48-38(4,5)6)25-13-11-10-12-14-25;1-22(2,3)18-9-8-17(30-18)20(27)26-16(21(28)29)10-13-4-6-14(7-5-13)19-24-11-15(23)12-25-19/h10-20,22-23,28,31-32,34,44-45H,21H2,1-9H3,(H,43,46);4-9,11-12,16H,10H2,1-3H3,(H,26,27)(H,28,29)/t28-,31?,32?,34?;16-/m00/s1. The first-order chi connectivity index (χ1) is 37.4. The number of rotatable bonds is 18. The second-order valence-electron chi connectivity index (χ2n) is 23.2. The van der Waals surface area contributed by atoms with Crippen LogP contribution in [0.15, 0.2) is 137 Å². The van der Waals surface area contributed by atoms with E-state index < -0.39 is 53.6 Å². The number of thiophene rings is 2. The van der Waals surface area contributed by atoms with Crippen LogP contribution in [0.2, 0.25) is 0 Å². The van der Waals surface area contributed by atoms with Crippen molar-refractivity contribution in [1.82, 2.24) is 35.9 Å². The molecule has 5 atom stereocenters. The number of aliphatic hydroxyl groups is 1. The summed E-state index contributed by atoms with van der Waals surface area (Å²) >= 11 is 9.47. The number of aliphatic hydroxyl groups excluding tert-OH is 1. The van der Waals surface area contributed by atoms with Crippen LogP contribution in [-0.2, 0) is 42.7 Å². The Morgan fingerprint density at radius 1 is 0.575 bits per heavy atom. The summed E-state index contributed by atoms with van der Waals surface area (Å²) in [6.07, 6.45) is 4.93.